The van der Waals surface area contributed by atoms with Crippen molar-refractivity contribution in [2.75, 3.05) is 4.90 Å². The Balaban J connectivity index is 1.49. The Hall–Kier alpha value is -5.84. The molecule has 10 rings (SSSR count). The van der Waals surface area contributed by atoms with Crippen LogP contribution in [-0.4, -0.2) is 14.6 Å². The zero-order valence-corrected chi connectivity index (χ0v) is 26.9. The summed E-state index contributed by atoms with van der Waals surface area (Å²) in [6.45, 7) is 0. The molecule has 0 radical (unpaired) electrons. The molecule has 2 aliphatic heterocycles. The summed E-state index contributed by atoms with van der Waals surface area (Å²) in [7, 11) is -2.90. The van der Waals surface area contributed by atoms with E-state index in [2.05, 4.69) is 173 Å². The normalized spacial score (nSPS) is 17.1. The molecule has 0 saturated heterocycles. The second kappa shape index (κ2) is 9.83. The monoisotopic (exact) mass is 634 g/mol. The van der Waals surface area contributed by atoms with Gasteiger partial charge in [0.15, 0.2) is 0 Å². The van der Waals surface area contributed by atoms with Gasteiger partial charge in [-0.25, -0.2) is 0 Å². The second-order valence-corrected chi connectivity index (χ2v) is 14.9. The molecule has 1 unspecified atom stereocenters. The lowest BCUT2D eigenvalue weighted by molar-refractivity contribution is 0.651. The minimum atomic E-state index is -2.90. The molecule has 0 N–H and O–H groups in total. The number of benzene rings is 7. The highest BCUT2D eigenvalue weighted by Gasteiger charge is 2.53. The third-order valence-electron chi connectivity index (χ3n) is 10.3. The van der Waals surface area contributed by atoms with Gasteiger partial charge in [-0.2, -0.15) is 0 Å². The molecule has 0 fully saturated rings. The van der Waals surface area contributed by atoms with E-state index >= 15 is 4.21 Å². The number of rotatable bonds is 2. The summed E-state index contributed by atoms with van der Waals surface area (Å²) in [4.78, 5) is 3.95. The Kier molecular flexibility index (Phi) is 5.59. The summed E-state index contributed by atoms with van der Waals surface area (Å²) in [5.74, 6) is 4.54. The van der Waals surface area contributed by atoms with Crippen LogP contribution in [0.4, 0.5) is 17.1 Å². The predicted octanol–water partition coefficient (Wildman–Crippen LogP) is 10.4. The van der Waals surface area contributed by atoms with Gasteiger partial charge in [-0.3, -0.25) is 4.21 Å². The van der Waals surface area contributed by atoms with E-state index in [0.29, 0.717) is 0 Å². The fraction of sp³-hybridized carbons (Fsp3) is 0.0227. The van der Waals surface area contributed by atoms with Gasteiger partial charge in [0.25, 0.3) is 0 Å². The minimum Gasteiger partial charge on any atom is -0.310 e. The zero-order chi connectivity index (χ0) is 32.0. The summed E-state index contributed by atoms with van der Waals surface area (Å²) >= 11 is 0. The molecule has 3 heterocycles. The number of aromatic nitrogens is 1. The van der Waals surface area contributed by atoms with E-state index in [1.54, 1.807) is 0 Å². The summed E-state index contributed by atoms with van der Waals surface area (Å²) in [5, 5.41) is 2.29. The molecule has 4 heteroatoms. The first-order valence-corrected chi connectivity index (χ1v) is 18.0. The standard InChI is InChI=1S/C44H30N2OS/c1-48(47)40-27-15-11-23-36(40)44(34-21-9-13-25-38(34)45(30-16-4-2-5-17-30)39-26-14-10-22-35(39)44)42-41(48)29-28-33-32-20-8-12-24-37(32)46(43(33)42)31-18-6-3-7-19-31/h2-29H,1H2. The maximum absolute atomic E-state index is 15.4. The van der Waals surface area contributed by atoms with Crippen LogP contribution in [0, 0.1) is 0 Å². The molecular formula is C44H30N2OS. The van der Waals surface area contributed by atoms with Crippen molar-refractivity contribution in [1.82, 2.24) is 4.57 Å². The molecule has 3 nitrogen and oxygen atoms in total. The van der Waals surface area contributed by atoms with Crippen LogP contribution in [0.3, 0.4) is 0 Å². The number of fused-ring (bicyclic) bond motifs is 12. The lowest BCUT2D eigenvalue weighted by atomic mass is 9.61. The third-order valence-corrected chi connectivity index (χ3v) is 12.4. The zero-order valence-electron chi connectivity index (χ0n) is 26.1. The summed E-state index contributed by atoms with van der Waals surface area (Å²) in [5.41, 5.74) is 10.1. The maximum atomic E-state index is 15.4. The topological polar surface area (TPSA) is 25.2 Å². The van der Waals surface area contributed by atoms with Crippen molar-refractivity contribution in [3.05, 3.63) is 192 Å². The quantitative estimate of drug-likeness (QED) is 0.177. The Morgan fingerprint density at radius 1 is 0.479 bits per heavy atom. The van der Waals surface area contributed by atoms with Gasteiger partial charge in [-0.15, -0.1) is 0 Å². The molecule has 1 aromatic heterocycles. The van der Waals surface area contributed by atoms with E-state index in [1.165, 1.54) is 0 Å². The average molecular weight is 635 g/mol. The molecule has 0 bridgehead atoms. The van der Waals surface area contributed by atoms with Crippen LogP contribution in [0.2, 0.25) is 0 Å². The molecule has 0 saturated carbocycles. The fourth-order valence-corrected chi connectivity index (χ4v) is 10.5. The van der Waals surface area contributed by atoms with Crippen LogP contribution in [0.25, 0.3) is 27.5 Å². The molecule has 1 atom stereocenters. The van der Waals surface area contributed by atoms with E-state index in [0.717, 1.165) is 76.6 Å². The highest BCUT2D eigenvalue weighted by atomic mass is 32.2. The lowest BCUT2D eigenvalue weighted by Gasteiger charge is -2.49. The highest BCUT2D eigenvalue weighted by molar-refractivity contribution is 8.00. The lowest BCUT2D eigenvalue weighted by Crippen LogP contribution is -2.42. The highest BCUT2D eigenvalue weighted by Crippen LogP contribution is 2.63. The molecule has 48 heavy (non-hydrogen) atoms. The molecule has 228 valence electrons. The SMILES string of the molecule is C=S1(=O)c2ccccc2C2(c3ccccc3N(c3ccccc3)c3ccccc32)c2c1ccc1c3ccccc3n(-c3ccccc3)c21. The van der Waals surface area contributed by atoms with E-state index in [1.807, 2.05) is 12.1 Å². The van der Waals surface area contributed by atoms with Crippen molar-refractivity contribution in [3.63, 3.8) is 0 Å². The Labute approximate surface area is 280 Å². The summed E-state index contributed by atoms with van der Waals surface area (Å²) < 4.78 is 17.7. The fourth-order valence-electron chi connectivity index (χ4n) is 8.50. The molecule has 0 aliphatic carbocycles. The number of anilines is 3. The first-order chi connectivity index (χ1) is 23.6. The summed E-state index contributed by atoms with van der Waals surface area (Å²) in [6.07, 6.45) is 0. The smallest absolute Gasteiger partial charge is 0.0786 e. The molecule has 1 spiro atoms. The van der Waals surface area contributed by atoms with Crippen LogP contribution in [0.5, 0.6) is 0 Å². The van der Waals surface area contributed by atoms with Gasteiger partial charge >= 0.3 is 0 Å². The molecule has 0 amide bonds. The van der Waals surface area contributed by atoms with Crippen LogP contribution in [-0.2, 0) is 14.9 Å². The molecule has 7 aromatic carbocycles. The van der Waals surface area contributed by atoms with Crippen LogP contribution < -0.4 is 4.90 Å². The number of para-hydroxylation sites is 5. The van der Waals surface area contributed by atoms with E-state index in [4.69, 9.17) is 0 Å². The van der Waals surface area contributed by atoms with Crippen LogP contribution >= 0.6 is 0 Å². The first kappa shape index (κ1) is 27.3. The molecular weight excluding hydrogens is 605 g/mol. The van der Waals surface area contributed by atoms with E-state index < -0.39 is 14.9 Å². The summed E-state index contributed by atoms with van der Waals surface area (Å²) in [6, 6.07) is 59.8. The number of nitrogens with zero attached hydrogens (tertiary/aromatic N) is 2. The van der Waals surface area contributed by atoms with Crippen molar-refractivity contribution >= 4 is 54.3 Å². The van der Waals surface area contributed by atoms with Gasteiger partial charge < -0.3 is 9.47 Å². The van der Waals surface area contributed by atoms with Gasteiger partial charge in [0.1, 0.15) is 0 Å². The maximum Gasteiger partial charge on any atom is 0.0786 e. The predicted molar refractivity (Wildman–Crippen MR) is 199 cm³/mol. The Bertz CT molecular complexity index is 2640. The van der Waals surface area contributed by atoms with Gasteiger partial charge in [0, 0.05) is 47.0 Å². The molecule has 2 aliphatic rings. The number of hydrogen-bond donors (Lipinski definition) is 0. The first-order valence-electron chi connectivity index (χ1n) is 16.2. The van der Waals surface area contributed by atoms with Crippen LogP contribution in [0.1, 0.15) is 22.3 Å². The Morgan fingerprint density at radius 2 is 1.02 bits per heavy atom. The van der Waals surface area contributed by atoms with Crippen molar-refractivity contribution in [2.24, 2.45) is 0 Å². The Morgan fingerprint density at radius 3 is 1.71 bits per heavy atom. The van der Waals surface area contributed by atoms with Gasteiger partial charge in [-0.1, -0.05) is 115 Å². The number of hydrogen-bond acceptors (Lipinski definition) is 2. The third kappa shape index (κ3) is 3.37. The van der Waals surface area contributed by atoms with Crippen molar-refractivity contribution < 1.29 is 4.21 Å². The largest absolute Gasteiger partial charge is 0.310 e. The molecule has 8 aromatic rings. The van der Waals surface area contributed by atoms with E-state index in [-0.39, 0.29) is 0 Å². The minimum absolute atomic E-state index is 0.784. The average Bonchev–Trinajstić information content (AvgIpc) is 3.49. The van der Waals surface area contributed by atoms with Crippen molar-refractivity contribution in [3.8, 4) is 5.69 Å². The van der Waals surface area contributed by atoms with Gasteiger partial charge in [0.2, 0.25) is 0 Å². The van der Waals surface area contributed by atoms with Gasteiger partial charge in [-0.05, 0) is 77.2 Å². The van der Waals surface area contributed by atoms with Gasteiger partial charge in [0.05, 0.1) is 27.8 Å². The van der Waals surface area contributed by atoms with Crippen molar-refractivity contribution in [2.45, 2.75) is 15.2 Å². The van der Waals surface area contributed by atoms with Crippen molar-refractivity contribution in [1.29, 1.82) is 0 Å². The van der Waals surface area contributed by atoms with E-state index in [9.17, 15) is 0 Å². The second-order valence-electron chi connectivity index (χ2n) is 12.6. The van der Waals surface area contributed by atoms with Crippen LogP contribution in [0.15, 0.2) is 180 Å².